The maximum absolute atomic E-state index is 14.2. The molecular weight excluding hydrogens is 523 g/mol. The molecule has 2 saturated heterocycles. The fourth-order valence-electron chi connectivity index (χ4n) is 6.28. The molecule has 10 heteroatoms. The molecule has 3 heterocycles. The van der Waals surface area contributed by atoms with E-state index in [4.69, 9.17) is 4.98 Å². The summed E-state index contributed by atoms with van der Waals surface area (Å²) in [5, 5.41) is 5.86. The van der Waals surface area contributed by atoms with Crippen LogP contribution in [-0.2, 0) is 14.4 Å². The molecule has 1 aliphatic carbocycles. The van der Waals surface area contributed by atoms with Crippen molar-refractivity contribution in [3.05, 3.63) is 58.9 Å². The van der Waals surface area contributed by atoms with Crippen LogP contribution >= 0.6 is 0 Å². The van der Waals surface area contributed by atoms with Crippen LogP contribution in [0.1, 0.15) is 87.6 Å². The largest absolute Gasteiger partial charge is 0.341 e. The highest BCUT2D eigenvalue weighted by Crippen LogP contribution is 2.41. The van der Waals surface area contributed by atoms with Gasteiger partial charge in [-0.1, -0.05) is 32.1 Å². The molecule has 3 amide bonds. The first kappa shape index (κ1) is 29.0. The Morgan fingerprint density at radius 1 is 1.15 bits per heavy atom. The Hall–Kier alpha value is -3.53. The molecule has 5 rings (SSSR count). The third-order valence-corrected chi connectivity index (χ3v) is 8.62. The summed E-state index contributed by atoms with van der Waals surface area (Å²) in [5.41, 5.74) is 2.80. The number of amides is 3. The van der Waals surface area contributed by atoms with Crippen LogP contribution in [0.25, 0.3) is 6.08 Å². The second-order valence-corrected chi connectivity index (χ2v) is 12.0. The normalized spacial score (nSPS) is 25.0. The van der Waals surface area contributed by atoms with E-state index in [0.29, 0.717) is 19.4 Å². The molecule has 0 spiro atoms. The van der Waals surface area contributed by atoms with Gasteiger partial charge in [-0.15, -0.1) is 0 Å². The lowest BCUT2D eigenvalue weighted by molar-refractivity contribution is -0.144. The molecule has 1 aromatic heterocycles. The van der Waals surface area contributed by atoms with E-state index in [1.54, 1.807) is 31.0 Å². The molecule has 2 fully saturated rings. The van der Waals surface area contributed by atoms with E-state index < -0.39 is 12.1 Å². The van der Waals surface area contributed by atoms with Gasteiger partial charge < -0.3 is 25.4 Å². The number of hydrogen-bond acceptors (Lipinski definition) is 5. The van der Waals surface area contributed by atoms with E-state index in [1.165, 1.54) is 12.1 Å². The molecule has 3 aliphatic rings. The monoisotopic (exact) mass is 564 g/mol. The Morgan fingerprint density at radius 3 is 2.61 bits per heavy atom. The van der Waals surface area contributed by atoms with Crippen molar-refractivity contribution in [1.29, 1.82) is 0 Å². The van der Waals surface area contributed by atoms with Crippen LogP contribution in [0.2, 0.25) is 0 Å². The van der Waals surface area contributed by atoms with Crippen molar-refractivity contribution in [3.63, 3.8) is 0 Å². The zero-order chi connectivity index (χ0) is 29.3. The highest BCUT2D eigenvalue weighted by molar-refractivity contribution is 5.91. The molecule has 0 bridgehead atoms. The van der Waals surface area contributed by atoms with Crippen molar-refractivity contribution in [3.8, 4) is 0 Å². The molecule has 41 heavy (non-hydrogen) atoms. The average molecular weight is 565 g/mol. The maximum Gasteiger partial charge on any atom is 0.247 e. The van der Waals surface area contributed by atoms with Gasteiger partial charge >= 0.3 is 0 Å². The molecule has 9 nitrogen and oxygen atoms in total. The van der Waals surface area contributed by atoms with Crippen molar-refractivity contribution in [2.24, 2.45) is 5.92 Å². The van der Waals surface area contributed by atoms with Crippen LogP contribution in [0, 0.1) is 11.7 Å². The van der Waals surface area contributed by atoms with Gasteiger partial charge in [0.05, 0.1) is 23.5 Å². The number of nitrogens with one attached hydrogen (secondary N) is 3. The zero-order valence-electron chi connectivity index (χ0n) is 24.3. The summed E-state index contributed by atoms with van der Waals surface area (Å²) in [6, 6.07) is 4.89. The second kappa shape index (κ2) is 12.1. The Bertz CT molecular complexity index is 1310. The third kappa shape index (κ3) is 6.07. The fourth-order valence-corrected chi connectivity index (χ4v) is 6.28. The quantitative estimate of drug-likeness (QED) is 0.477. The third-order valence-electron chi connectivity index (χ3n) is 8.62. The molecule has 3 N–H and O–H groups in total. The number of imidazole rings is 1. The summed E-state index contributed by atoms with van der Waals surface area (Å²) in [4.78, 5) is 52.4. The van der Waals surface area contributed by atoms with Crippen LogP contribution in [0.3, 0.4) is 0 Å². The number of H-pyrrole nitrogens is 1. The number of benzene rings is 1. The fraction of sp³-hybridized carbons (Fsp3) is 0.548. The van der Waals surface area contributed by atoms with Crippen LogP contribution in [0.4, 0.5) is 4.39 Å². The summed E-state index contributed by atoms with van der Waals surface area (Å²) in [6.45, 7) is 6.42. The Morgan fingerprint density at radius 2 is 1.90 bits per heavy atom. The molecular formula is C31H41FN6O3. The predicted molar refractivity (Wildman–Crippen MR) is 154 cm³/mol. The van der Waals surface area contributed by atoms with Gasteiger partial charge in [0.1, 0.15) is 17.7 Å². The number of nitrogens with zero attached hydrogens (tertiary/aromatic N) is 3. The standard InChI is InChI=1S/C31H41FN6O3/c1-18(2)16-27(39)37-15-14-22-12-13-26(38(22)31(41)25(17-37)35-30(40)19(3)33-4)29-34-24-7-5-6-23(28(24)36-29)20-8-10-21(32)11-9-20/h5,7-11,18-19,22-23,25-26,33H,6,12-17H2,1-4H3,(H,34,36)(H,35,40)/t19-,22+,23?,25-,26-/m0/s1. The van der Waals surface area contributed by atoms with E-state index in [0.717, 1.165) is 42.0 Å². The minimum atomic E-state index is -0.853. The molecule has 2 aliphatic heterocycles. The van der Waals surface area contributed by atoms with Crippen molar-refractivity contribution < 1.29 is 18.8 Å². The van der Waals surface area contributed by atoms with Gasteiger partial charge in [-0.25, -0.2) is 9.37 Å². The first-order valence-corrected chi connectivity index (χ1v) is 14.8. The van der Waals surface area contributed by atoms with Crippen molar-refractivity contribution in [1.82, 2.24) is 30.4 Å². The average Bonchev–Trinajstić information content (AvgIpc) is 3.57. The number of aromatic amines is 1. The topological polar surface area (TPSA) is 110 Å². The van der Waals surface area contributed by atoms with Crippen molar-refractivity contribution >= 4 is 23.8 Å². The van der Waals surface area contributed by atoms with E-state index in [1.807, 2.05) is 24.8 Å². The molecule has 5 atom stereocenters. The van der Waals surface area contributed by atoms with Crippen LogP contribution in [0.15, 0.2) is 30.3 Å². The van der Waals surface area contributed by atoms with Gasteiger partial charge in [0.2, 0.25) is 17.7 Å². The molecule has 220 valence electrons. The second-order valence-electron chi connectivity index (χ2n) is 12.0. The van der Waals surface area contributed by atoms with Crippen LogP contribution < -0.4 is 10.6 Å². The summed E-state index contributed by atoms with van der Waals surface area (Å²) in [7, 11) is 1.70. The molecule has 1 unspecified atom stereocenters. The summed E-state index contributed by atoms with van der Waals surface area (Å²) >= 11 is 0. The number of likely N-dealkylation sites (N-methyl/N-ethyl adjacent to an activating group) is 1. The summed E-state index contributed by atoms with van der Waals surface area (Å²) in [5.74, 6) is 0.195. The van der Waals surface area contributed by atoms with Gasteiger partial charge in [0.15, 0.2) is 0 Å². The van der Waals surface area contributed by atoms with E-state index in [2.05, 4.69) is 21.7 Å². The van der Waals surface area contributed by atoms with E-state index >= 15 is 0 Å². The first-order valence-electron chi connectivity index (χ1n) is 14.8. The first-order chi connectivity index (χ1) is 19.7. The van der Waals surface area contributed by atoms with Gasteiger partial charge in [0.25, 0.3) is 0 Å². The SMILES string of the molecule is CN[C@@H](C)C(=O)N[C@H]1CN(C(=O)CC(C)C)CC[C@H]2CC[C@@H](c3nc4c([nH]3)C=CCC4c3ccc(F)cc3)N2C1=O. The Labute approximate surface area is 241 Å². The summed E-state index contributed by atoms with van der Waals surface area (Å²) < 4.78 is 13.6. The maximum atomic E-state index is 14.2. The van der Waals surface area contributed by atoms with E-state index in [-0.39, 0.29) is 54.0 Å². The molecule has 0 radical (unpaired) electrons. The highest BCUT2D eigenvalue weighted by Gasteiger charge is 2.45. The minimum Gasteiger partial charge on any atom is -0.341 e. The van der Waals surface area contributed by atoms with E-state index in [9.17, 15) is 18.8 Å². The lowest BCUT2D eigenvalue weighted by Gasteiger charge is -2.39. The van der Waals surface area contributed by atoms with Crippen LogP contribution in [-0.4, -0.2) is 75.8 Å². The number of carbonyl (C=O) groups is 3. The van der Waals surface area contributed by atoms with Gasteiger partial charge in [-0.3, -0.25) is 14.4 Å². The van der Waals surface area contributed by atoms with Crippen LogP contribution in [0.5, 0.6) is 0 Å². The number of carbonyl (C=O) groups excluding carboxylic acids is 3. The number of halogens is 1. The smallest absolute Gasteiger partial charge is 0.247 e. The lowest BCUT2D eigenvalue weighted by atomic mass is 9.88. The van der Waals surface area contributed by atoms with Crippen molar-refractivity contribution in [2.45, 2.75) is 83.0 Å². The van der Waals surface area contributed by atoms with Gasteiger partial charge in [-0.05, 0) is 69.3 Å². The number of allylic oxidation sites excluding steroid dienone is 1. The molecule has 1 aromatic carbocycles. The van der Waals surface area contributed by atoms with Gasteiger partial charge in [-0.2, -0.15) is 0 Å². The summed E-state index contributed by atoms with van der Waals surface area (Å²) in [6.07, 6.45) is 7.48. The zero-order valence-corrected chi connectivity index (χ0v) is 24.3. The Balaban J connectivity index is 1.43. The number of fused-ring (bicyclic) bond motifs is 2. The lowest BCUT2D eigenvalue weighted by Crippen LogP contribution is -2.60. The number of rotatable bonds is 7. The Kier molecular flexibility index (Phi) is 8.58. The van der Waals surface area contributed by atoms with Crippen molar-refractivity contribution in [2.75, 3.05) is 20.1 Å². The molecule has 2 aromatic rings. The number of hydrogen-bond donors (Lipinski definition) is 3. The molecule has 0 saturated carbocycles. The predicted octanol–water partition coefficient (Wildman–Crippen LogP) is 3.50. The highest BCUT2D eigenvalue weighted by atomic mass is 19.1. The minimum absolute atomic E-state index is 0.00330. The number of aromatic nitrogens is 2. The van der Waals surface area contributed by atoms with Gasteiger partial charge in [0, 0.05) is 31.5 Å².